The van der Waals surface area contributed by atoms with E-state index in [4.69, 9.17) is 9.47 Å². The zero-order valence-corrected chi connectivity index (χ0v) is 26.2. The third-order valence-electron chi connectivity index (χ3n) is 9.58. The molecule has 2 bridgehead atoms. The van der Waals surface area contributed by atoms with Crippen LogP contribution >= 0.6 is 0 Å². The van der Waals surface area contributed by atoms with Crippen molar-refractivity contribution < 1.29 is 29.0 Å². The summed E-state index contributed by atoms with van der Waals surface area (Å²) >= 11 is 0. The van der Waals surface area contributed by atoms with E-state index < -0.39 is 35.6 Å². The van der Waals surface area contributed by atoms with Crippen LogP contribution in [-0.4, -0.2) is 89.3 Å². The monoisotopic (exact) mass is 595 g/mol. The van der Waals surface area contributed by atoms with E-state index in [-0.39, 0.29) is 36.8 Å². The Labute approximate surface area is 256 Å². The molecule has 0 radical (unpaired) electrons. The van der Waals surface area contributed by atoms with Gasteiger partial charge in [0.15, 0.2) is 0 Å². The number of nitrogens with zero attached hydrogens (tertiary/aromatic N) is 3. The molecular weight excluding hydrogens is 546 g/mol. The maximum Gasteiger partial charge on any atom is 0.248 e. The van der Waals surface area contributed by atoms with Gasteiger partial charge in [-0.3, -0.25) is 14.4 Å². The SMILES string of the molecule is C=CCN(CCCC)C(=O)C1N([C@@H](CO)[C@@H](C)CC)C(=O)[C@@H]2[C@@H](C(=O)N(CC=C)c3ccc(OCC)cc3)[C@H]3CCC12O3. The van der Waals surface area contributed by atoms with Gasteiger partial charge in [-0.25, -0.2) is 0 Å². The molecular formula is C34H49N3O6. The molecule has 7 atom stereocenters. The Kier molecular flexibility index (Phi) is 10.7. The number of aliphatic hydroxyl groups excluding tert-OH is 1. The van der Waals surface area contributed by atoms with E-state index >= 15 is 0 Å². The smallest absolute Gasteiger partial charge is 0.248 e. The van der Waals surface area contributed by atoms with Crippen LogP contribution in [0.5, 0.6) is 5.75 Å². The highest BCUT2D eigenvalue weighted by Gasteiger charge is 2.75. The van der Waals surface area contributed by atoms with Crippen LogP contribution in [0.15, 0.2) is 49.6 Å². The maximum absolute atomic E-state index is 14.6. The van der Waals surface area contributed by atoms with Gasteiger partial charge in [-0.15, -0.1) is 13.2 Å². The minimum Gasteiger partial charge on any atom is -0.494 e. The van der Waals surface area contributed by atoms with Gasteiger partial charge >= 0.3 is 0 Å². The summed E-state index contributed by atoms with van der Waals surface area (Å²) in [6.45, 7) is 17.1. The van der Waals surface area contributed by atoms with E-state index in [1.54, 1.807) is 26.9 Å². The molecule has 1 aromatic rings. The lowest BCUT2D eigenvalue weighted by molar-refractivity contribution is -0.152. The topological polar surface area (TPSA) is 99.6 Å². The largest absolute Gasteiger partial charge is 0.494 e. The van der Waals surface area contributed by atoms with Crippen molar-refractivity contribution in [1.82, 2.24) is 9.80 Å². The molecule has 3 aliphatic rings. The van der Waals surface area contributed by atoms with Crippen LogP contribution in [0, 0.1) is 17.8 Å². The Hall–Kier alpha value is -3.17. The molecule has 9 heteroatoms. The second-order valence-electron chi connectivity index (χ2n) is 12.0. The van der Waals surface area contributed by atoms with Gasteiger partial charge in [0, 0.05) is 25.3 Å². The average molecular weight is 596 g/mol. The van der Waals surface area contributed by atoms with E-state index in [9.17, 15) is 19.5 Å². The number of anilines is 1. The van der Waals surface area contributed by atoms with Crippen molar-refractivity contribution in [2.45, 2.75) is 83.6 Å². The predicted molar refractivity (Wildman–Crippen MR) is 167 cm³/mol. The minimum absolute atomic E-state index is 0.0598. The molecule has 3 amide bonds. The van der Waals surface area contributed by atoms with Crippen molar-refractivity contribution in [2.75, 3.05) is 37.7 Å². The first-order chi connectivity index (χ1) is 20.7. The number of ether oxygens (including phenoxy) is 2. The Morgan fingerprint density at radius 3 is 2.44 bits per heavy atom. The highest BCUT2D eigenvalue weighted by molar-refractivity contribution is 6.03. The van der Waals surface area contributed by atoms with E-state index in [0.29, 0.717) is 44.0 Å². The van der Waals surface area contributed by atoms with Crippen molar-refractivity contribution in [3.05, 3.63) is 49.6 Å². The zero-order chi connectivity index (χ0) is 31.3. The van der Waals surface area contributed by atoms with Crippen LogP contribution in [0.4, 0.5) is 5.69 Å². The number of benzene rings is 1. The molecule has 1 N–H and O–H groups in total. The fourth-order valence-corrected chi connectivity index (χ4v) is 7.31. The Morgan fingerprint density at radius 2 is 1.86 bits per heavy atom. The highest BCUT2D eigenvalue weighted by Crippen LogP contribution is 2.59. The average Bonchev–Trinajstić information content (AvgIpc) is 3.66. The lowest BCUT2D eigenvalue weighted by Crippen LogP contribution is -2.59. The molecule has 0 aliphatic carbocycles. The molecule has 1 spiro atoms. The number of carbonyl (C=O) groups is 3. The quantitative estimate of drug-likeness (QED) is 0.288. The number of unbranched alkanes of at least 4 members (excludes halogenated alkanes) is 1. The second kappa shape index (κ2) is 14.1. The van der Waals surface area contributed by atoms with Gasteiger partial charge in [0.05, 0.1) is 37.2 Å². The molecule has 9 nitrogen and oxygen atoms in total. The second-order valence-corrected chi connectivity index (χ2v) is 12.0. The first-order valence-corrected chi connectivity index (χ1v) is 15.9. The summed E-state index contributed by atoms with van der Waals surface area (Å²) in [6.07, 6.45) is 6.41. The molecule has 3 aliphatic heterocycles. The Morgan fingerprint density at radius 1 is 1.16 bits per heavy atom. The lowest BCUT2D eigenvalue weighted by atomic mass is 9.70. The van der Waals surface area contributed by atoms with E-state index in [1.165, 1.54) is 0 Å². The Bertz CT molecular complexity index is 1170. The van der Waals surface area contributed by atoms with Gasteiger partial charge in [-0.1, -0.05) is 45.8 Å². The fraction of sp³-hybridized carbons (Fsp3) is 0.618. The summed E-state index contributed by atoms with van der Waals surface area (Å²) in [4.78, 5) is 48.5. The van der Waals surface area contributed by atoms with E-state index in [2.05, 4.69) is 20.1 Å². The van der Waals surface area contributed by atoms with Crippen LogP contribution in [-0.2, 0) is 19.1 Å². The molecule has 3 saturated heterocycles. The maximum atomic E-state index is 14.6. The van der Waals surface area contributed by atoms with Gasteiger partial charge in [0.2, 0.25) is 17.7 Å². The van der Waals surface area contributed by atoms with Gasteiger partial charge in [-0.2, -0.15) is 0 Å². The minimum atomic E-state index is -1.13. The third kappa shape index (κ3) is 5.86. The van der Waals surface area contributed by atoms with Crippen LogP contribution in [0.25, 0.3) is 0 Å². The van der Waals surface area contributed by atoms with Crippen LogP contribution < -0.4 is 9.64 Å². The number of aliphatic hydroxyl groups is 1. The molecule has 4 rings (SSSR count). The van der Waals surface area contributed by atoms with E-state index in [0.717, 1.165) is 19.3 Å². The summed E-state index contributed by atoms with van der Waals surface area (Å²) in [7, 11) is 0. The summed E-state index contributed by atoms with van der Waals surface area (Å²) in [5, 5.41) is 10.6. The molecule has 43 heavy (non-hydrogen) atoms. The number of fused-ring (bicyclic) bond motifs is 1. The molecule has 0 saturated carbocycles. The number of amides is 3. The summed E-state index contributed by atoms with van der Waals surface area (Å²) < 4.78 is 12.3. The number of rotatable bonds is 16. The lowest BCUT2D eigenvalue weighted by Gasteiger charge is -2.41. The summed E-state index contributed by atoms with van der Waals surface area (Å²) in [5.41, 5.74) is -0.464. The van der Waals surface area contributed by atoms with Gasteiger partial charge in [0.1, 0.15) is 17.4 Å². The summed E-state index contributed by atoms with van der Waals surface area (Å²) in [6, 6.07) is 5.81. The van der Waals surface area contributed by atoms with Crippen LogP contribution in [0.3, 0.4) is 0 Å². The number of likely N-dealkylation sites (tertiary alicyclic amines) is 1. The zero-order valence-electron chi connectivity index (χ0n) is 26.2. The first kappa shape index (κ1) is 32.7. The molecule has 1 aromatic carbocycles. The van der Waals surface area contributed by atoms with Crippen molar-refractivity contribution in [3.63, 3.8) is 0 Å². The van der Waals surface area contributed by atoms with Crippen molar-refractivity contribution in [2.24, 2.45) is 17.8 Å². The van der Waals surface area contributed by atoms with Crippen molar-refractivity contribution >= 4 is 23.4 Å². The normalized spacial score (nSPS) is 27.0. The summed E-state index contributed by atoms with van der Waals surface area (Å²) in [5.74, 6) is -1.64. The number of hydrogen-bond donors (Lipinski definition) is 1. The third-order valence-corrected chi connectivity index (χ3v) is 9.58. The van der Waals surface area contributed by atoms with Crippen LogP contribution in [0.1, 0.15) is 59.8 Å². The van der Waals surface area contributed by atoms with Gasteiger partial charge in [0.25, 0.3) is 0 Å². The Balaban J connectivity index is 1.77. The standard InChI is InChI=1S/C34H49N3O6/c1-7-12-21-35(19-8-2)33(41)30-34-18-17-27(43-34)28(29(34)32(40)37(30)26(22-38)23(6)10-4)31(39)36(20-9-3)24-13-15-25(16-14-24)42-11-5/h8-9,13-16,23,26-30,38H,2-3,7,10-12,17-22H2,1,4-6H3/t23-,26-,27+,28-,29-,30?,34?/m0/s1. The fourth-order valence-electron chi connectivity index (χ4n) is 7.31. The molecule has 0 aromatic heterocycles. The number of hydrogen-bond acceptors (Lipinski definition) is 6. The molecule has 2 unspecified atom stereocenters. The van der Waals surface area contributed by atoms with E-state index in [1.807, 2.05) is 45.0 Å². The molecule has 3 fully saturated rings. The number of carbonyl (C=O) groups excluding carboxylic acids is 3. The van der Waals surface area contributed by atoms with Crippen molar-refractivity contribution in [3.8, 4) is 5.75 Å². The highest BCUT2D eigenvalue weighted by atomic mass is 16.5. The molecule has 236 valence electrons. The van der Waals surface area contributed by atoms with Gasteiger partial charge < -0.3 is 29.3 Å². The van der Waals surface area contributed by atoms with Crippen molar-refractivity contribution in [1.29, 1.82) is 0 Å². The molecule has 3 heterocycles. The first-order valence-electron chi connectivity index (χ1n) is 15.9. The predicted octanol–water partition coefficient (Wildman–Crippen LogP) is 4.20. The van der Waals surface area contributed by atoms with Gasteiger partial charge in [-0.05, 0) is 56.4 Å². The van der Waals surface area contributed by atoms with Crippen LogP contribution in [0.2, 0.25) is 0 Å².